The Hall–Kier alpha value is -1.52. The number of benzene rings is 1. The van der Waals surface area contributed by atoms with Crippen molar-refractivity contribution >= 4 is 11.6 Å². The van der Waals surface area contributed by atoms with Gasteiger partial charge in [-0.25, -0.2) is 4.39 Å². The van der Waals surface area contributed by atoms with Gasteiger partial charge >= 0.3 is 0 Å². The number of nitrogens with zero attached hydrogens (tertiary/aromatic N) is 2. The van der Waals surface area contributed by atoms with Crippen LogP contribution in [0, 0.1) is 5.82 Å². The fourth-order valence-electron chi connectivity index (χ4n) is 1.81. The summed E-state index contributed by atoms with van der Waals surface area (Å²) in [4.78, 5) is 0. The summed E-state index contributed by atoms with van der Waals surface area (Å²) in [6.07, 6.45) is 3.92. The van der Waals surface area contributed by atoms with Crippen molar-refractivity contribution in [3.05, 3.63) is 58.6 Å². The van der Waals surface area contributed by atoms with Gasteiger partial charge in [0, 0.05) is 17.3 Å². The third-order valence-corrected chi connectivity index (χ3v) is 3.16. The van der Waals surface area contributed by atoms with E-state index in [2.05, 4.69) is 15.5 Å². The smallest absolute Gasteiger partial charge is 0.123 e. The molecule has 0 spiro atoms. The number of hydrogen-bond acceptors (Lipinski definition) is 3. The standard InChI is InChI=1S/C13H13ClFN3/c1-16-13(9-4-5-17-18-8-9)7-10-6-11(15)2-3-12(10)14/h2-6,8,13,16H,7H2,1H3. The molecule has 18 heavy (non-hydrogen) atoms. The fourth-order valence-corrected chi connectivity index (χ4v) is 2.01. The van der Waals surface area contributed by atoms with Gasteiger partial charge in [0.15, 0.2) is 0 Å². The van der Waals surface area contributed by atoms with E-state index in [0.717, 1.165) is 11.1 Å². The van der Waals surface area contributed by atoms with Crippen molar-refractivity contribution in [3.63, 3.8) is 0 Å². The Balaban J connectivity index is 2.23. The van der Waals surface area contributed by atoms with Crippen LogP contribution in [0.25, 0.3) is 0 Å². The summed E-state index contributed by atoms with van der Waals surface area (Å²) < 4.78 is 13.2. The van der Waals surface area contributed by atoms with E-state index < -0.39 is 0 Å². The molecular formula is C13H13ClFN3. The van der Waals surface area contributed by atoms with E-state index >= 15 is 0 Å². The van der Waals surface area contributed by atoms with Crippen molar-refractivity contribution < 1.29 is 4.39 Å². The molecule has 1 heterocycles. The topological polar surface area (TPSA) is 37.8 Å². The summed E-state index contributed by atoms with van der Waals surface area (Å²) in [5, 5.41) is 11.3. The second-order valence-electron chi connectivity index (χ2n) is 3.96. The molecule has 0 aliphatic heterocycles. The van der Waals surface area contributed by atoms with Crippen LogP contribution in [0.1, 0.15) is 17.2 Å². The molecule has 1 atom stereocenters. The number of rotatable bonds is 4. The minimum absolute atomic E-state index is 0.0276. The first kappa shape index (κ1) is 12.9. The van der Waals surface area contributed by atoms with E-state index in [0.29, 0.717) is 11.4 Å². The highest BCUT2D eigenvalue weighted by Crippen LogP contribution is 2.23. The van der Waals surface area contributed by atoms with Crippen LogP contribution in [0.2, 0.25) is 5.02 Å². The van der Waals surface area contributed by atoms with Gasteiger partial charge in [-0.15, -0.1) is 0 Å². The Morgan fingerprint density at radius 3 is 2.83 bits per heavy atom. The lowest BCUT2D eigenvalue weighted by Crippen LogP contribution is -2.19. The van der Waals surface area contributed by atoms with Crippen molar-refractivity contribution in [1.29, 1.82) is 0 Å². The van der Waals surface area contributed by atoms with E-state index in [1.807, 2.05) is 13.1 Å². The number of nitrogens with one attached hydrogen (secondary N) is 1. The van der Waals surface area contributed by atoms with Crippen LogP contribution in [0.15, 0.2) is 36.7 Å². The minimum atomic E-state index is -0.280. The third kappa shape index (κ3) is 3.03. The molecule has 1 aromatic carbocycles. The zero-order valence-corrected chi connectivity index (χ0v) is 10.7. The molecule has 0 saturated heterocycles. The largest absolute Gasteiger partial charge is 0.313 e. The zero-order valence-electron chi connectivity index (χ0n) is 9.90. The highest BCUT2D eigenvalue weighted by Gasteiger charge is 2.13. The molecule has 2 rings (SSSR count). The summed E-state index contributed by atoms with van der Waals surface area (Å²) in [5.41, 5.74) is 1.76. The molecule has 0 bridgehead atoms. The van der Waals surface area contributed by atoms with Crippen molar-refractivity contribution in [2.45, 2.75) is 12.5 Å². The van der Waals surface area contributed by atoms with Gasteiger partial charge in [-0.05, 0) is 48.9 Å². The molecule has 0 aliphatic carbocycles. The summed E-state index contributed by atoms with van der Waals surface area (Å²) in [7, 11) is 1.85. The predicted octanol–water partition coefficient (Wildman–Crippen LogP) is 2.77. The Kier molecular flexibility index (Phi) is 4.23. The average Bonchev–Trinajstić information content (AvgIpc) is 2.41. The molecular weight excluding hydrogens is 253 g/mol. The molecule has 2 aromatic rings. The van der Waals surface area contributed by atoms with E-state index in [1.165, 1.54) is 12.1 Å². The first-order valence-electron chi connectivity index (χ1n) is 5.58. The van der Waals surface area contributed by atoms with E-state index in [1.54, 1.807) is 18.5 Å². The Morgan fingerprint density at radius 1 is 1.33 bits per heavy atom. The quantitative estimate of drug-likeness (QED) is 0.924. The monoisotopic (exact) mass is 265 g/mol. The van der Waals surface area contributed by atoms with Crippen molar-refractivity contribution in [3.8, 4) is 0 Å². The van der Waals surface area contributed by atoms with E-state index in [4.69, 9.17) is 11.6 Å². The summed E-state index contributed by atoms with van der Waals surface area (Å²) in [6.45, 7) is 0. The maximum atomic E-state index is 13.2. The number of likely N-dealkylation sites (N-methyl/N-ethyl adjacent to an activating group) is 1. The van der Waals surface area contributed by atoms with Crippen LogP contribution in [-0.4, -0.2) is 17.2 Å². The lowest BCUT2D eigenvalue weighted by molar-refractivity contribution is 0.581. The molecule has 0 fully saturated rings. The van der Waals surface area contributed by atoms with Crippen LogP contribution in [0.4, 0.5) is 4.39 Å². The lowest BCUT2D eigenvalue weighted by atomic mass is 10.0. The number of halogens is 2. The lowest BCUT2D eigenvalue weighted by Gasteiger charge is -2.16. The minimum Gasteiger partial charge on any atom is -0.313 e. The van der Waals surface area contributed by atoms with Gasteiger partial charge in [-0.3, -0.25) is 0 Å². The molecule has 94 valence electrons. The average molecular weight is 266 g/mol. The van der Waals surface area contributed by atoms with Gasteiger partial charge in [0.1, 0.15) is 5.82 Å². The molecule has 0 radical (unpaired) electrons. The van der Waals surface area contributed by atoms with Crippen LogP contribution >= 0.6 is 11.6 Å². The van der Waals surface area contributed by atoms with Crippen LogP contribution in [0.3, 0.4) is 0 Å². The summed E-state index contributed by atoms with van der Waals surface area (Å²) >= 11 is 6.06. The van der Waals surface area contributed by atoms with Gasteiger partial charge in [0.05, 0.1) is 6.20 Å². The molecule has 0 amide bonds. The third-order valence-electron chi connectivity index (χ3n) is 2.79. The zero-order chi connectivity index (χ0) is 13.0. The van der Waals surface area contributed by atoms with E-state index in [-0.39, 0.29) is 11.9 Å². The SMILES string of the molecule is CNC(Cc1cc(F)ccc1Cl)c1ccnnc1. The van der Waals surface area contributed by atoms with Crippen LogP contribution in [-0.2, 0) is 6.42 Å². The molecule has 1 unspecified atom stereocenters. The van der Waals surface area contributed by atoms with E-state index in [9.17, 15) is 4.39 Å². The highest BCUT2D eigenvalue weighted by atomic mass is 35.5. The van der Waals surface area contributed by atoms with Gasteiger partial charge < -0.3 is 5.32 Å². The molecule has 5 heteroatoms. The first-order valence-corrected chi connectivity index (χ1v) is 5.96. The maximum absolute atomic E-state index is 13.2. The van der Waals surface area contributed by atoms with Gasteiger partial charge in [0.2, 0.25) is 0 Å². The van der Waals surface area contributed by atoms with Crippen molar-refractivity contribution in [1.82, 2.24) is 15.5 Å². The Bertz CT molecular complexity index is 519. The second-order valence-corrected chi connectivity index (χ2v) is 4.36. The van der Waals surface area contributed by atoms with Crippen molar-refractivity contribution in [2.75, 3.05) is 7.05 Å². The summed E-state index contributed by atoms with van der Waals surface area (Å²) in [5.74, 6) is -0.280. The van der Waals surface area contributed by atoms with Gasteiger partial charge in [0.25, 0.3) is 0 Å². The van der Waals surface area contributed by atoms with Gasteiger partial charge in [-0.1, -0.05) is 11.6 Å². The maximum Gasteiger partial charge on any atom is 0.123 e. The van der Waals surface area contributed by atoms with Crippen LogP contribution < -0.4 is 5.32 Å². The molecule has 1 aromatic heterocycles. The molecule has 0 aliphatic rings. The molecule has 0 saturated carbocycles. The van der Waals surface area contributed by atoms with Gasteiger partial charge in [-0.2, -0.15) is 10.2 Å². The first-order chi connectivity index (χ1) is 8.70. The predicted molar refractivity (Wildman–Crippen MR) is 68.9 cm³/mol. The number of aromatic nitrogens is 2. The normalized spacial score (nSPS) is 12.4. The number of hydrogen-bond donors (Lipinski definition) is 1. The fraction of sp³-hybridized carbons (Fsp3) is 0.231. The highest BCUT2D eigenvalue weighted by molar-refractivity contribution is 6.31. The van der Waals surface area contributed by atoms with Crippen molar-refractivity contribution in [2.24, 2.45) is 0 Å². The second kappa shape index (κ2) is 5.89. The Labute approximate surface area is 110 Å². The summed E-state index contributed by atoms with van der Waals surface area (Å²) in [6, 6.07) is 6.29. The molecule has 1 N–H and O–H groups in total. The van der Waals surface area contributed by atoms with Crippen LogP contribution in [0.5, 0.6) is 0 Å². The Morgan fingerprint density at radius 2 is 2.17 bits per heavy atom. The molecule has 3 nitrogen and oxygen atoms in total.